The van der Waals surface area contributed by atoms with Crippen molar-refractivity contribution >= 4 is 28.5 Å². The summed E-state index contributed by atoms with van der Waals surface area (Å²) in [6.45, 7) is 8.50. The molecular weight excluding hydrogens is 291 g/mol. The van der Waals surface area contributed by atoms with E-state index in [0.29, 0.717) is 12.6 Å². The molecule has 0 saturated heterocycles. The highest BCUT2D eigenvalue weighted by atomic mass is 127. The first kappa shape index (κ1) is 14.2. The molecule has 0 aliphatic heterocycles. The Labute approximate surface area is 101 Å². The summed E-state index contributed by atoms with van der Waals surface area (Å²) >= 11 is 2.33. The number of halogens is 1. The molecule has 0 aliphatic rings. The number of hydrogen-bond donors (Lipinski definition) is 2. The average molecular weight is 312 g/mol. The first-order valence-corrected chi connectivity index (χ1v) is 6.52. The largest absolute Gasteiger partial charge is 0.350 e. The highest BCUT2D eigenvalue weighted by molar-refractivity contribution is 14.1. The topological polar surface area (TPSA) is 41.1 Å². The number of amides is 1. The second-order valence-corrected chi connectivity index (χ2v) is 5.32. The van der Waals surface area contributed by atoms with Gasteiger partial charge in [0.25, 0.3) is 0 Å². The van der Waals surface area contributed by atoms with Gasteiger partial charge >= 0.3 is 0 Å². The Hall–Kier alpha value is 0.160. The molecule has 0 aromatic carbocycles. The van der Waals surface area contributed by atoms with E-state index in [-0.39, 0.29) is 11.4 Å². The molecule has 0 aromatic rings. The summed E-state index contributed by atoms with van der Waals surface area (Å²) in [4.78, 5) is 11.4. The molecule has 3 nitrogen and oxygen atoms in total. The Kier molecular flexibility index (Phi) is 6.68. The normalized spacial score (nSPS) is 13.8. The molecule has 4 heteroatoms. The van der Waals surface area contributed by atoms with Gasteiger partial charge in [0.05, 0.1) is 6.54 Å². The van der Waals surface area contributed by atoms with E-state index in [1.165, 1.54) is 0 Å². The van der Waals surface area contributed by atoms with Crippen LogP contribution < -0.4 is 10.6 Å². The summed E-state index contributed by atoms with van der Waals surface area (Å²) in [6.07, 6.45) is 1.06. The molecule has 0 rings (SSSR count). The van der Waals surface area contributed by atoms with Crippen LogP contribution in [0.2, 0.25) is 0 Å². The molecule has 14 heavy (non-hydrogen) atoms. The highest BCUT2D eigenvalue weighted by Crippen LogP contribution is 1.98. The summed E-state index contributed by atoms with van der Waals surface area (Å²) in [6, 6.07) is 0.446. The number of nitrogens with one attached hydrogen (secondary N) is 2. The zero-order chi connectivity index (χ0) is 11.2. The maximum Gasteiger partial charge on any atom is 0.234 e. The SMILES string of the molecule is CC[C@H](CI)NCC(=O)NC(C)(C)C. The van der Waals surface area contributed by atoms with Gasteiger partial charge in [0.1, 0.15) is 0 Å². The average Bonchev–Trinajstić information content (AvgIpc) is 2.03. The first-order valence-electron chi connectivity index (χ1n) is 4.99. The lowest BCUT2D eigenvalue weighted by Gasteiger charge is -2.21. The zero-order valence-electron chi connectivity index (χ0n) is 9.48. The van der Waals surface area contributed by atoms with E-state index in [1.54, 1.807) is 0 Å². The van der Waals surface area contributed by atoms with Gasteiger partial charge in [-0.25, -0.2) is 0 Å². The number of rotatable bonds is 5. The summed E-state index contributed by atoms with van der Waals surface area (Å²) < 4.78 is 1.04. The maximum atomic E-state index is 11.4. The van der Waals surface area contributed by atoms with Crippen molar-refractivity contribution in [1.82, 2.24) is 10.6 Å². The van der Waals surface area contributed by atoms with Crippen LogP contribution in [-0.2, 0) is 4.79 Å². The van der Waals surface area contributed by atoms with Crippen molar-refractivity contribution in [2.45, 2.75) is 45.7 Å². The van der Waals surface area contributed by atoms with Crippen LogP contribution in [0.15, 0.2) is 0 Å². The fourth-order valence-corrected chi connectivity index (χ4v) is 1.94. The predicted molar refractivity (Wildman–Crippen MR) is 68.9 cm³/mol. The molecule has 0 spiro atoms. The van der Waals surface area contributed by atoms with E-state index in [0.717, 1.165) is 10.8 Å². The van der Waals surface area contributed by atoms with Crippen molar-refractivity contribution < 1.29 is 4.79 Å². The lowest BCUT2D eigenvalue weighted by Crippen LogP contribution is -2.46. The summed E-state index contributed by atoms with van der Waals surface area (Å²) in [5.74, 6) is 0.0702. The first-order chi connectivity index (χ1) is 6.39. The number of carbonyl (C=O) groups excluding carboxylic acids is 1. The predicted octanol–water partition coefficient (Wildman–Crippen LogP) is 1.70. The van der Waals surface area contributed by atoms with E-state index >= 15 is 0 Å². The van der Waals surface area contributed by atoms with Crippen LogP contribution >= 0.6 is 22.6 Å². The van der Waals surface area contributed by atoms with Gasteiger partial charge in [-0.1, -0.05) is 29.5 Å². The fourth-order valence-electron chi connectivity index (χ4n) is 1.01. The number of carbonyl (C=O) groups is 1. The van der Waals surface area contributed by atoms with E-state index in [1.807, 2.05) is 20.8 Å². The van der Waals surface area contributed by atoms with Crippen molar-refractivity contribution in [3.8, 4) is 0 Å². The molecule has 84 valence electrons. The Bertz CT molecular complexity index is 173. The third-order valence-corrected chi connectivity index (χ3v) is 2.81. The Morgan fingerprint density at radius 1 is 1.43 bits per heavy atom. The minimum atomic E-state index is -0.134. The quantitative estimate of drug-likeness (QED) is 0.599. The summed E-state index contributed by atoms with van der Waals surface area (Å²) in [5.41, 5.74) is -0.134. The minimum Gasteiger partial charge on any atom is -0.350 e. The van der Waals surface area contributed by atoms with Crippen LogP contribution in [-0.4, -0.2) is 28.5 Å². The molecule has 1 atom stereocenters. The van der Waals surface area contributed by atoms with Crippen LogP contribution in [0.3, 0.4) is 0 Å². The molecule has 0 unspecified atom stereocenters. The van der Waals surface area contributed by atoms with E-state index in [9.17, 15) is 4.79 Å². The second kappa shape index (κ2) is 6.61. The molecule has 2 N–H and O–H groups in total. The Morgan fingerprint density at radius 2 is 2.00 bits per heavy atom. The molecule has 0 aliphatic carbocycles. The van der Waals surface area contributed by atoms with Gasteiger partial charge in [-0.3, -0.25) is 4.79 Å². The van der Waals surface area contributed by atoms with E-state index < -0.39 is 0 Å². The zero-order valence-corrected chi connectivity index (χ0v) is 11.6. The van der Waals surface area contributed by atoms with Crippen LogP contribution in [0.1, 0.15) is 34.1 Å². The Morgan fingerprint density at radius 3 is 2.36 bits per heavy atom. The molecule has 0 heterocycles. The van der Waals surface area contributed by atoms with E-state index in [4.69, 9.17) is 0 Å². The standard InChI is InChI=1S/C10H21IN2O/c1-5-8(6-11)12-7-9(14)13-10(2,3)4/h8,12H,5-7H2,1-4H3,(H,13,14)/t8-/m1/s1. The van der Waals surface area contributed by atoms with Crippen molar-refractivity contribution in [3.63, 3.8) is 0 Å². The monoisotopic (exact) mass is 312 g/mol. The van der Waals surface area contributed by atoms with Gasteiger partial charge in [0, 0.05) is 16.0 Å². The molecule has 1 amide bonds. The smallest absolute Gasteiger partial charge is 0.234 e. The minimum absolute atomic E-state index is 0.0702. The maximum absolute atomic E-state index is 11.4. The lowest BCUT2D eigenvalue weighted by molar-refractivity contribution is -0.121. The van der Waals surface area contributed by atoms with Gasteiger partial charge in [0.2, 0.25) is 5.91 Å². The lowest BCUT2D eigenvalue weighted by atomic mass is 10.1. The number of hydrogen-bond acceptors (Lipinski definition) is 2. The highest BCUT2D eigenvalue weighted by Gasteiger charge is 2.14. The molecule has 0 aromatic heterocycles. The van der Waals surface area contributed by atoms with Crippen molar-refractivity contribution in [2.75, 3.05) is 11.0 Å². The van der Waals surface area contributed by atoms with Gasteiger partial charge in [-0.15, -0.1) is 0 Å². The van der Waals surface area contributed by atoms with Crippen LogP contribution in [0.4, 0.5) is 0 Å². The van der Waals surface area contributed by atoms with Crippen LogP contribution in [0.5, 0.6) is 0 Å². The van der Waals surface area contributed by atoms with Crippen LogP contribution in [0.25, 0.3) is 0 Å². The van der Waals surface area contributed by atoms with E-state index in [2.05, 4.69) is 40.1 Å². The molecule has 0 fully saturated rings. The molecule has 0 saturated carbocycles. The summed E-state index contributed by atoms with van der Waals surface area (Å²) in [5, 5.41) is 6.14. The molecular formula is C10H21IN2O. The fraction of sp³-hybridized carbons (Fsp3) is 0.900. The molecule has 0 radical (unpaired) electrons. The van der Waals surface area contributed by atoms with Gasteiger partial charge < -0.3 is 10.6 Å². The van der Waals surface area contributed by atoms with Gasteiger partial charge in [-0.05, 0) is 27.2 Å². The Balaban J connectivity index is 3.74. The van der Waals surface area contributed by atoms with Gasteiger partial charge in [-0.2, -0.15) is 0 Å². The van der Waals surface area contributed by atoms with Crippen molar-refractivity contribution in [2.24, 2.45) is 0 Å². The summed E-state index contributed by atoms with van der Waals surface area (Å²) in [7, 11) is 0. The third-order valence-electron chi connectivity index (χ3n) is 1.74. The molecule has 0 bridgehead atoms. The third kappa shape index (κ3) is 7.55. The van der Waals surface area contributed by atoms with Gasteiger partial charge in [0.15, 0.2) is 0 Å². The van der Waals surface area contributed by atoms with Crippen LogP contribution in [0, 0.1) is 0 Å². The van der Waals surface area contributed by atoms with Crippen molar-refractivity contribution in [1.29, 1.82) is 0 Å². The second-order valence-electron chi connectivity index (χ2n) is 4.44. The van der Waals surface area contributed by atoms with Crippen molar-refractivity contribution in [3.05, 3.63) is 0 Å². The number of alkyl halides is 1.